The predicted molar refractivity (Wildman–Crippen MR) is 133 cm³/mol. The van der Waals surface area contributed by atoms with E-state index >= 15 is 0 Å². The van der Waals surface area contributed by atoms with Gasteiger partial charge in [0.25, 0.3) is 0 Å². The van der Waals surface area contributed by atoms with Gasteiger partial charge >= 0.3 is 0 Å². The lowest BCUT2D eigenvalue weighted by Gasteiger charge is -2.13. The summed E-state index contributed by atoms with van der Waals surface area (Å²) in [5.41, 5.74) is 4.78. The second-order valence-electron chi connectivity index (χ2n) is 8.24. The second-order valence-corrected chi connectivity index (χ2v) is 8.24. The third kappa shape index (κ3) is 4.30. The molecular weight excluding hydrogens is 410 g/mol. The summed E-state index contributed by atoms with van der Waals surface area (Å²) in [5.74, 6) is 1.41. The number of aromatic nitrogens is 2. The van der Waals surface area contributed by atoms with E-state index in [0.29, 0.717) is 5.82 Å². The summed E-state index contributed by atoms with van der Waals surface area (Å²) in [7, 11) is 0. The summed E-state index contributed by atoms with van der Waals surface area (Å²) in [6, 6.07) is 28.0. The summed E-state index contributed by atoms with van der Waals surface area (Å²) >= 11 is 0. The maximum atomic E-state index is 13.0. The van der Waals surface area contributed by atoms with Crippen molar-refractivity contribution in [1.29, 1.82) is 0 Å². The summed E-state index contributed by atoms with van der Waals surface area (Å²) < 4.78 is 8.12. The molecule has 5 aromatic rings. The average molecular weight is 436 g/mol. The van der Waals surface area contributed by atoms with Gasteiger partial charge in [0.2, 0.25) is 5.91 Å². The predicted octanol–water partition coefficient (Wildman–Crippen LogP) is 6.02. The van der Waals surface area contributed by atoms with Crippen LogP contribution in [-0.2, 0) is 17.9 Å². The van der Waals surface area contributed by atoms with Crippen molar-refractivity contribution in [1.82, 2.24) is 9.55 Å². The third-order valence-corrected chi connectivity index (χ3v) is 5.80. The van der Waals surface area contributed by atoms with E-state index in [1.807, 2.05) is 85.1 Å². The number of nitrogens with zero attached hydrogens (tertiary/aromatic N) is 2. The highest BCUT2D eigenvalue weighted by Gasteiger charge is 2.15. The van der Waals surface area contributed by atoms with E-state index in [0.717, 1.165) is 38.8 Å². The molecule has 0 saturated carbocycles. The van der Waals surface area contributed by atoms with Crippen molar-refractivity contribution in [2.75, 3.05) is 5.32 Å². The molecule has 1 amide bonds. The van der Waals surface area contributed by atoms with E-state index in [4.69, 9.17) is 9.72 Å². The Bertz CT molecular complexity index is 1460. The first-order valence-corrected chi connectivity index (χ1v) is 11.0. The van der Waals surface area contributed by atoms with Crippen LogP contribution in [0.25, 0.3) is 21.8 Å². The fraction of sp³-hybridized carbons (Fsp3) is 0.143. The molecule has 0 bridgehead atoms. The highest BCUT2D eigenvalue weighted by molar-refractivity contribution is 5.92. The maximum Gasteiger partial charge on any atom is 0.244 e. The fourth-order valence-corrected chi connectivity index (χ4v) is 4.16. The molecule has 0 spiro atoms. The van der Waals surface area contributed by atoms with E-state index in [-0.39, 0.29) is 19.1 Å². The van der Waals surface area contributed by atoms with Gasteiger partial charge in [-0.2, -0.15) is 0 Å². The number of carbonyl (C=O) groups is 1. The number of amides is 1. The van der Waals surface area contributed by atoms with Crippen LogP contribution >= 0.6 is 0 Å². The summed E-state index contributed by atoms with van der Waals surface area (Å²) in [4.78, 5) is 17.7. The van der Waals surface area contributed by atoms with Gasteiger partial charge < -0.3 is 14.6 Å². The first-order valence-electron chi connectivity index (χ1n) is 11.0. The van der Waals surface area contributed by atoms with Gasteiger partial charge in [-0.15, -0.1) is 0 Å². The molecule has 0 fully saturated rings. The number of rotatable bonds is 6. The standard InChI is InChI=1S/C28H25N3O2/c1-19-14-15-23(20(2)16-19)30-28(32)17-31-25-12-6-5-11-24(25)29-27(31)18-33-26-13-7-9-21-8-3-4-10-22(21)26/h3-16H,17-18H2,1-2H3,(H,30,32). The first kappa shape index (κ1) is 20.8. The lowest BCUT2D eigenvalue weighted by Crippen LogP contribution is -2.21. The van der Waals surface area contributed by atoms with Crippen molar-refractivity contribution < 1.29 is 9.53 Å². The van der Waals surface area contributed by atoms with Crippen molar-refractivity contribution in [2.24, 2.45) is 0 Å². The monoisotopic (exact) mass is 435 g/mol. The van der Waals surface area contributed by atoms with Crippen LogP contribution in [-0.4, -0.2) is 15.5 Å². The SMILES string of the molecule is Cc1ccc(NC(=O)Cn2c(COc3cccc4ccccc34)nc3ccccc32)c(C)c1. The zero-order valence-electron chi connectivity index (χ0n) is 18.7. The molecule has 4 aromatic carbocycles. The molecule has 0 aliphatic rings. The third-order valence-electron chi connectivity index (χ3n) is 5.80. The number of para-hydroxylation sites is 2. The molecule has 1 N–H and O–H groups in total. The van der Waals surface area contributed by atoms with Crippen LogP contribution in [0, 0.1) is 13.8 Å². The molecule has 0 atom stereocenters. The van der Waals surface area contributed by atoms with Gasteiger partial charge in [0.1, 0.15) is 24.7 Å². The van der Waals surface area contributed by atoms with Crippen LogP contribution in [0.4, 0.5) is 5.69 Å². The topological polar surface area (TPSA) is 56.2 Å². The minimum atomic E-state index is -0.100. The first-order chi connectivity index (χ1) is 16.1. The summed E-state index contributed by atoms with van der Waals surface area (Å²) in [6.45, 7) is 4.46. The number of carbonyl (C=O) groups excluding carboxylic acids is 1. The minimum absolute atomic E-state index is 0.100. The quantitative estimate of drug-likeness (QED) is 0.355. The maximum absolute atomic E-state index is 13.0. The van der Waals surface area contributed by atoms with E-state index in [1.165, 1.54) is 5.56 Å². The Morgan fingerprint density at radius 2 is 1.73 bits per heavy atom. The molecule has 0 saturated heterocycles. The van der Waals surface area contributed by atoms with Crippen molar-refractivity contribution in [3.63, 3.8) is 0 Å². The highest BCUT2D eigenvalue weighted by atomic mass is 16.5. The van der Waals surface area contributed by atoms with Gasteiger partial charge in [-0.25, -0.2) is 4.98 Å². The van der Waals surface area contributed by atoms with E-state index in [1.54, 1.807) is 0 Å². The number of benzene rings is 4. The average Bonchev–Trinajstić information content (AvgIpc) is 3.16. The zero-order chi connectivity index (χ0) is 22.8. The van der Waals surface area contributed by atoms with E-state index < -0.39 is 0 Å². The number of hydrogen-bond acceptors (Lipinski definition) is 3. The number of anilines is 1. The Morgan fingerprint density at radius 1 is 0.939 bits per heavy atom. The second kappa shape index (κ2) is 8.79. The Labute approximate surface area is 192 Å². The van der Waals surface area contributed by atoms with Gasteiger partial charge in [0.15, 0.2) is 0 Å². The zero-order valence-corrected chi connectivity index (χ0v) is 18.7. The molecule has 1 heterocycles. The lowest BCUT2D eigenvalue weighted by atomic mass is 10.1. The van der Waals surface area contributed by atoms with E-state index in [9.17, 15) is 4.79 Å². The van der Waals surface area contributed by atoms with Gasteiger partial charge in [0.05, 0.1) is 11.0 Å². The smallest absolute Gasteiger partial charge is 0.244 e. The number of hydrogen-bond donors (Lipinski definition) is 1. The number of ether oxygens (including phenoxy) is 1. The number of fused-ring (bicyclic) bond motifs is 2. The Hall–Kier alpha value is -4.12. The van der Waals surface area contributed by atoms with E-state index in [2.05, 4.69) is 23.5 Å². The van der Waals surface area contributed by atoms with Gasteiger partial charge in [0, 0.05) is 11.1 Å². The number of nitrogens with one attached hydrogen (secondary N) is 1. The number of imidazole rings is 1. The van der Waals surface area contributed by atoms with Crippen molar-refractivity contribution in [2.45, 2.75) is 27.0 Å². The molecule has 5 heteroatoms. The molecule has 5 rings (SSSR count). The molecule has 33 heavy (non-hydrogen) atoms. The molecule has 0 aliphatic heterocycles. The highest BCUT2D eigenvalue weighted by Crippen LogP contribution is 2.26. The van der Waals surface area contributed by atoms with Gasteiger partial charge in [-0.1, -0.05) is 66.2 Å². The molecule has 1 aromatic heterocycles. The molecule has 0 aliphatic carbocycles. The fourth-order valence-electron chi connectivity index (χ4n) is 4.16. The van der Waals surface area contributed by atoms with Crippen LogP contribution < -0.4 is 10.1 Å². The molecular formula is C28H25N3O2. The number of aryl methyl sites for hydroxylation is 2. The van der Waals surface area contributed by atoms with Crippen LogP contribution in [0.2, 0.25) is 0 Å². The van der Waals surface area contributed by atoms with Crippen LogP contribution in [0.15, 0.2) is 84.9 Å². The Balaban J connectivity index is 1.42. The normalized spacial score (nSPS) is 11.1. The van der Waals surface area contributed by atoms with Crippen LogP contribution in [0.5, 0.6) is 5.75 Å². The van der Waals surface area contributed by atoms with Gasteiger partial charge in [-0.05, 0) is 49.1 Å². The molecule has 0 radical (unpaired) electrons. The van der Waals surface area contributed by atoms with Crippen LogP contribution in [0.1, 0.15) is 17.0 Å². The minimum Gasteiger partial charge on any atom is -0.485 e. The van der Waals surface area contributed by atoms with Crippen molar-refractivity contribution in [3.8, 4) is 5.75 Å². The van der Waals surface area contributed by atoms with Crippen molar-refractivity contribution in [3.05, 3.63) is 102 Å². The van der Waals surface area contributed by atoms with Crippen molar-refractivity contribution >= 4 is 33.4 Å². The Kier molecular flexibility index (Phi) is 5.53. The molecule has 164 valence electrons. The molecule has 5 nitrogen and oxygen atoms in total. The Morgan fingerprint density at radius 3 is 2.61 bits per heavy atom. The largest absolute Gasteiger partial charge is 0.485 e. The summed E-state index contributed by atoms with van der Waals surface area (Å²) in [6.07, 6.45) is 0. The van der Waals surface area contributed by atoms with Crippen LogP contribution in [0.3, 0.4) is 0 Å². The van der Waals surface area contributed by atoms with Gasteiger partial charge in [-0.3, -0.25) is 4.79 Å². The lowest BCUT2D eigenvalue weighted by molar-refractivity contribution is -0.116. The summed E-state index contributed by atoms with van der Waals surface area (Å²) in [5, 5.41) is 5.21. The molecule has 0 unspecified atom stereocenters.